The van der Waals surface area contributed by atoms with Gasteiger partial charge in [0.15, 0.2) is 0 Å². The number of ether oxygens (including phenoxy) is 1. The van der Waals surface area contributed by atoms with Crippen molar-refractivity contribution >= 4 is 11.9 Å². The zero-order valence-electron chi connectivity index (χ0n) is 11.2. The Morgan fingerprint density at radius 3 is 2.63 bits per heavy atom. The summed E-state index contributed by atoms with van der Waals surface area (Å²) in [6.07, 6.45) is 0.671. The van der Waals surface area contributed by atoms with Crippen LogP contribution >= 0.6 is 0 Å². The van der Waals surface area contributed by atoms with Crippen molar-refractivity contribution in [3.8, 4) is 5.75 Å². The molecule has 19 heavy (non-hydrogen) atoms. The van der Waals surface area contributed by atoms with Crippen LogP contribution in [0.3, 0.4) is 0 Å². The van der Waals surface area contributed by atoms with Crippen LogP contribution in [-0.4, -0.2) is 30.6 Å². The van der Waals surface area contributed by atoms with Crippen LogP contribution in [0.25, 0.3) is 0 Å². The molecule has 0 saturated heterocycles. The summed E-state index contributed by atoms with van der Waals surface area (Å²) < 4.78 is 5.16. The summed E-state index contributed by atoms with van der Waals surface area (Å²) in [6.45, 7) is 1.94. The van der Waals surface area contributed by atoms with Gasteiger partial charge in [-0.05, 0) is 12.5 Å². The number of nitrogens with one attached hydrogen (secondary N) is 1. The average Bonchev–Trinajstić information content (AvgIpc) is 2.39. The Hall–Kier alpha value is -2.04. The molecule has 0 aromatic heterocycles. The van der Waals surface area contributed by atoms with E-state index in [-0.39, 0.29) is 18.9 Å². The van der Waals surface area contributed by atoms with E-state index in [0.717, 1.165) is 5.56 Å². The number of para-hydroxylation sites is 1. The number of rotatable bonds is 7. The van der Waals surface area contributed by atoms with Gasteiger partial charge in [0.05, 0.1) is 19.4 Å². The molecule has 0 radical (unpaired) electrons. The predicted octanol–water partition coefficient (Wildman–Crippen LogP) is 1.46. The van der Waals surface area contributed by atoms with Crippen LogP contribution in [0.2, 0.25) is 0 Å². The number of hydrogen-bond acceptors (Lipinski definition) is 3. The van der Waals surface area contributed by atoms with Crippen LogP contribution in [-0.2, 0) is 16.0 Å². The van der Waals surface area contributed by atoms with Crippen LogP contribution < -0.4 is 10.1 Å². The van der Waals surface area contributed by atoms with Crippen LogP contribution in [0, 0.1) is 5.92 Å². The summed E-state index contributed by atoms with van der Waals surface area (Å²) in [5.41, 5.74) is 0.783. The highest BCUT2D eigenvalue weighted by molar-refractivity contribution is 5.80. The SMILES string of the molecule is CCC(CNC(=O)Cc1ccccc1OC)C(=O)O. The first-order valence-electron chi connectivity index (χ1n) is 6.19. The van der Waals surface area contributed by atoms with Crippen molar-refractivity contribution in [2.75, 3.05) is 13.7 Å². The van der Waals surface area contributed by atoms with Crippen molar-refractivity contribution in [2.45, 2.75) is 19.8 Å². The fourth-order valence-electron chi connectivity index (χ4n) is 1.73. The number of aliphatic carboxylic acids is 1. The molecule has 5 nitrogen and oxygen atoms in total. The number of carboxylic acids is 1. The highest BCUT2D eigenvalue weighted by Crippen LogP contribution is 2.17. The minimum Gasteiger partial charge on any atom is -0.496 e. The highest BCUT2D eigenvalue weighted by Gasteiger charge is 2.16. The number of carboxylic acid groups (broad SMARTS) is 1. The second-order valence-corrected chi connectivity index (χ2v) is 4.24. The molecular weight excluding hydrogens is 246 g/mol. The van der Waals surface area contributed by atoms with E-state index in [0.29, 0.717) is 12.2 Å². The maximum absolute atomic E-state index is 11.8. The van der Waals surface area contributed by atoms with Gasteiger partial charge in [0, 0.05) is 12.1 Å². The lowest BCUT2D eigenvalue weighted by Crippen LogP contribution is -2.33. The quantitative estimate of drug-likeness (QED) is 0.782. The highest BCUT2D eigenvalue weighted by atomic mass is 16.5. The molecule has 1 rings (SSSR count). The normalized spacial score (nSPS) is 11.7. The number of carbonyl (C=O) groups excluding carboxylic acids is 1. The standard InChI is InChI=1S/C14H19NO4/c1-3-10(14(17)18)9-15-13(16)8-11-6-4-5-7-12(11)19-2/h4-7,10H,3,8-9H2,1-2H3,(H,15,16)(H,17,18). The number of benzene rings is 1. The molecule has 104 valence electrons. The molecule has 0 aliphatic carbocycles. The van der Waals surface area contributed by atoms with E-state index in [2.05, 4.69) is 5.32 Å². The molecule has 1 aromatic rings. The van der Waals surface area contributed by atoms with Gasteiger partial charge in [-0.2, -0.15) is 0 Å². The molecule has 0 aliphatic heterocycles. The van der Waals surface area contributed by atoms with Crippen molar-refractivity contribution in [1.29, 1.82) is 0 Å². The first-order chi connectivity index (χ1) is 9.08. The maximum Gasteiger partial charge on any atom is 0.308 e. The minimum atomic E-state index is -0.889. The lowest BCUT2D eigenvalue weighted by Gasteiger charge is -2.12. The molecule has 0 fully saturated rings. The predicted molar refractivity (Wildman–Crippen MR) is 71.1 cm³/mol. The van der Waals surface area contributed by atoms with Crippen molar-refractivity contribution < 1.29 is 19.4 Å². The van der Waals surface area contributed by atoms with E-state index in [9.17, 15) is 9.59 Å². The van der Waals surface area contributed by atoms with Crippen LogP contribution in [0.1, 0.15) is 18.9 Å². The Kier molecular flexibility index (Phi) is 5.85. The number of carbonyl (C=O) groups is 2. The Morgan fingerprint density at radius 1 is 1.37 bits per heavy atom. The molecule has 0 heterocycles. The summed E-state index contributed by atoms with van der Waals surface area (Å²) in [4.78, 5) is 22.6. The van der Waals surface area contributed by atoms with Crippen molar-refractivity contribution in [2.24, 2.45) is 5.92 Å². The van der Waals surface area contributed by atoms with Gasteiger partial charge in [-0.1, -0.05) is 25.1 Å². The topological polar surface area (TPSA) is 75.6 Å². The summed E-state index contributed by atoms with van der Waals surface area (Å²) in [5.74, 6) is -0.978. The van der Waals surface area contributed by atoms with Gasteiger partial charge in [-0.15, -0.1) is 0 Å². The minimum absolute atomic E-state index is 0.153. The zero-order valence-corrected chi connectivity index (χ0v) is 11.2. The van der Waals surface area contributed by atoms with E-state index in [1.165, 1.54) is 0 Å². The van der Waals surface area contributed by atoms with E-state index in [1.54, 1.807) is 20.1 Å². The zero-order chi connectivity index (χ0) is 14.3. The fraction of sp³-hybridized carbons (Fsp3) is 0.429. The maximum atomic E-state index is 11.8. The van der Waals surface area contributed by atoms with Crippen molar-refractivity contribution in [3.05, 3.63) is 29.8 Å². The van der Waals surface area contributed by atoms with Crippen molar-refractivity contribution in [1.82, 2.24) is 5.32 Å². The summed E-state index contributed by atoms with van der Waals surface area (Å²) in [6, 6.07) is 7.26. The van der Waals surface area contributed by atoms with Gasteiger partial charge in [-0.3, -0.25) is 9.59 Å². The molecule has 1 amide bonds. The van der Waals surface area contributed by atoms with Crippen LogP contribution in [0.15, 0.2) is 24.3 Å². The molecular formula is C14H19NO4. The Morgan fingerprint density at radius 2 is 2.05 bits per heavy atom. The number of methoxy groups -OCH3 is 1. The molecule has 0 saturated carbocycles. The van der Waals surface area contributed by atoms with E-state index >= 15 is 0 Å². The lowest BCUT2D eigenvalue weighted by molar-refractivity contribution is -0.141. The molecule has 0 spiro atoms. The van der Waals surface area contributed by atoms with Gasteiger partial charge in [0.25, 0.3) is 0 Å². The Labute approximate surface area is 112 Å². The second kappa shape index (κ2) is 7.41. The second-order valence-electron chi connectivity index (χ2n) is 4.24. The van der Waals surface area contributed by atoms with Gasteiger partial charge in [-0.25, -0.2) is 0 Å². The molecule has 1 aromatic carbocycles. The fourth-order valence-corrected chi connectivity index (χ4v) is 1.73. The molecule has 2 N–H and O–H groups in total. The van der Waals surface area contributed by atoms with Crippen molar-refractivity contribution in [3.63, 3.8) is 0 Å². The molecule has 0 aliphatic rings. The third-order valence-electron chi connectivity index (χ3n) is 2.93. The number of hydrogen-bond donors (Lipinski definition) is 2. The smallest absolute Gasteiger partial charge is 0.308 e. The average molecular weight is 265 g/mol. The molecule has 1 atom stereocenters. The first kappa shape index (κ1) is 15.0. The summed E-state index contributed by atoms with van der Waals surface area (Å²) in [5, 5.41) is 11.5. The molecule has 5 heteroatoms. The van der Waals surface area contributed by atoms with Gasteiger partial charge < -0.3 is 15.2 Å². The largest absolute Gasteiger partial charge is 0.496 e. The molecule has 1 unspecified atom stereocenters. The molecule has 0 bridgehead atoms. The van der Waals surface area contributed by atoms with Crippen LogP contribution in [0.4, 0.5) is 0 Å². The Bertz CT molecular complexity index is 445. The van der Waals surface area contributed by atoms with E-state index < -0.39 is 11.9 Å². The third kappa shape index (κ3) is 4.62. The third-order valence-corrected chi connectivity index (χ3v) is 2.93. The van der Waals surface area contributed by atoms with E-state index in [1.807, 2.05) is 18.2 Å². The van der Waals surface area contributed by atoms with Gasteiger partial charge in [0.2, 0.25) is 5.91 Å². The number of amides is 1. The first-order valence-corrected chi connectivity index (χ1v) is 6.19. The summed E-state index contributed by atoms with van der Waals surface area (Å²) >= 11 is 0. The van der Waals surface area contributed by atoms with Crippen LogP contribution in [0.5, 0.6) is 5.75 Å². The van der Waals surface area contributed by atoms with E-state index in [4.69, 9.17) is 9.84 Å². The van der Waals surface area contributed by atoms with Gasteiger partial charge >= 0.3 is 5.97 Å². The monoisotopic (exact) mass is 265 g/mol. The Balaban J connectivity index is 2.53. The lowest BCUT2D eigenvalue weighted by atomic mass is 10.1. The summed E-state index contributed by atoms with van der Waals surface area (Å²) in [7, 11) is 1.55. The van der Waals surface area contributed by atoms with Gasteiger partial charge in [0.1, 0.15) is 5.75 Å².